The van der Waals surface area contributed by atoms with Crippen molar-refractivity contribution in [2.24, 2.45) is 5.92 Å². The van der Waals surface area contributed by atoms with E-state index in [9.17, 15) is 4.39 Å². The molecule has 0 spiro atoms. The summed E-state index contributed by atoms with van der Waals surface area (Å²) in [6.45, 7) is 4.37. The van der Waals surface area contributed by atoms with Gasteiger partial charge in [-0.25, -0.2) is 4.39 Å². The van der Waals surface area contributed by atoms with Crippen LogP contribution in [0.25, 0.3) is 10.8 Å². The van der Waals surface area contributed by atoms with Gasteiger partial charge in [0.15, 0.2) is 0 Å². The monoisotopic (exact) mass is 468 g/mol. The maximum Gasteiger partial charge on any atom is 0.134 e. The smallest absolute Gasteiger partial charge is 0.134 e. The Labute approximate surface area is 212 Å². The lowest BCUT2D eigenvalue weighted by atomic mass is 9.77. The molecule has 3 aromatic carbocycles. The molecule has 1 fully saturated rings. The van der Waals surface area contributed by atoms with Crippen LogP contribution in [0.3, 0.4) is 0 Å². The van der Waals surface area contributed by atoms with Gasteiger partial charge in [-0.3, -0.25) is 0 Å². The molecular weight excluding hydrogens is 427 g/mol. The number of benzene rings is 3. The minimum absolute atomic E-state index is 0.0829. The van der Waals surface area contributed by atoms with Crippen molar-refractivity contribution in [1.82, 2.24) is 0 Å². The highest BCUT2D eigenvalue weighted by Crippen LogP contribution is 2.37. The van der Waals surface area contributed by atoms with Gasteiger partial charge in [-0.1, -0.05) is 101 Å². The highest BCUT2D eigenvalue weighted by Gasteiger charge is 2.21. The van der Waals surface area contributed by atoms with Crippen LogP contribution in [0.15, 0.2) is 54.6 Å². The zero-order valence-electron chi connectivity index (χ0n) is 21.7. The summed E-state index contributed by atoms with van der Waals surface area (Å²) < 4.78 is 14.7. The van der Waals surface area contributed by atoms with E-state index in [0.717, 1.165) is 40.8 Å². The molecule has 184 valence electrons. The Bertz CT molecular complexity index is 1140. The summed E-state index contributed by atoms with van der Waals surface area (Å²) in [5.74, 6) is 8.16. The van der Waals surface area contributed by atoms with E-state index in [0.29, 0.717) is 11.3 Å². The van der Waals surface area contributed by atoms with E-state index in [2.05, 4.69) is 50.0 Å². The van der Waals surface area contributed by atoms with Crippen LogP contribution in [0.1, 0.15) is 113 Å². The summed E-state index contributed by atoms with van der Waals surface area (Å²) in [7, 11) is 0. The van der Waals surface area contributed by atoms with Crippen LogP contribution in [0, 0.1) is 23.6 Å². The molecule has 1 saturated carbocycles. The van der Waals surface area contributed by atoms with Crippen molar-refractivity contribution in [3.8, 4) is 11.8 Å². The minimum Gasteiger partial charge on any atom is -0.206 e. The number of unbranched alkanes of at least 4 members (excludes halogenated alkanes) is 4. The van der Waals surface area contributed by atoms with E-state index < -0.39 is 0 Å². The Morgan fingerprint density at radius 1 is 0.743 bits per heavy atom. The van der Waals surface area contributed by atoms with Crippen LogP contribution in [0.2, 0.25) is 0 Å². The fourth-order valence-electron chi connectivity index (χ4n) is 5.68. The van der Waals surface area contributed by atoms with Crippen molar-refractivity contribution in [2.45, 2.75) is 96.8 Å². The second-order valence-electron chi connectivity index (χ2n) is 10.5. The zero-order chi connectivity index (χ0) is 24.5. The molecule has 0 unspecified atom stereocenters. The third kappa shape index (κ3) is 6.98. The third-order valence-corrected chi connectivity index (χ3v) is 7.85. The summed E-state index contributed by atoms with van der Waals surface area (Å²) in [4.78, 5) is 0. The third-order valence-electron chi connectivity index (χ3n) is 7.85. The lowest BCUT2D eigenvalue weighted by molar-refractivity contribution is 0.302. The van der Waals surface area contributed by atoms with Crippen molar-refractivity contribution in [2.75, 3.05) is 0 Å². The first-order valence-corrected chi connectivity index (χ1v) is 14.0. The predicted octanol–water partition coefficient (Wildman–Crippen LogP) is 9.97. The van der Waals surface area contributed by atoms with Crippen LogP contribution in [-0.4, -0.2) is 0 Å². The lowest BCUT2D eigenvalue weighted by Gasteiger charge is -2.29. The molecule has 4 rings (SSSR count). The largest absolute Gasteiger partial charge is 0.206 e. The van der Waals surface area contributed by atoms with E-state index in [1.807, 2.05) is 30.3 Å². The average Bonchev–Trinajstić information content (AvgIpc) is 2.90. The van der Waals surface area contributed by atoms with Gasteiger partial charge in [0.2, 0.25) is 0 Å². The normalized spacial score (nSPS) is 17.8. The van der Waals surface area contributed by atoms with E-state index >= 15 is 0 Å². The van der Waals surface area contributed by atoms with Gasteiger partial charge in [-0.15, -0.1) is 0 Å². The molecule has 1 heteroatoms. The zero-order valence-corrected chi connectivity index (χ0v) is 21.7. The van der Waals surface area contributed by atoms with Crippen molar-refractivity contribution in [1.29, 1.82) is 0 Å². The molecule has 1 aliphatic carbocycles. The Morgan fingerprint density at radius 2 is 1.46 bits per heavy atom. The van der Waals surface area contributed by atoms with Crippen LogP contribution in [-0.2, 0) is 6.42 Å². The number of halogens is 1. The molecule has 0 radical (unpaired) electrons. The molecule has 1 aliphatic rings. The summed E-state index contributed by atoms with van der Waals surface area (Å²) in [6.07, 6.45) is 15.6. The molecule has 0 aromatic heterocycles. The van der Waals surface area contributed by atoms with Crippen molar-refractivity contribution >= 4 is 10.8 Å². The molecule has 0 aliphatic heterocycles. The molecule has 0 amide bonds. The van der Waals surface area contributed by atoms with E-state index in [-0.39, 0.29) is 5.82 Å². The SMILES string of the molecule is CCCCCCCC1CCC(c2ccc(C#Cc3ccc4c(F)c(CCC)ccc4c3)cc2)CC1. The van der Waals surface area contributed by atoms with Gasteiger partial charge in [0.1, 0.15) is 5.82 Å². The minimum atomic E-state index is -0.0829. The van der Waals surface area contributed by atoms with Gasteiger partial charge >= 0.3 is 0 Å². The molecule has 0 nitrogen and oxygen atoms in total. The number of hydrogen-bond acceptors (Lipinski definition) is 0. The highest BCUT2D eigenvalue weighted by atomic mass is 19.1. The van der Waals surface area contributed by atoms with Crippen molar-refractivity contribution < 1.29 is 4.39 Å². The van der Waals surface area contributed by atoms with E-state index in [1.54, 1.807) is 0 Å². The predicted molar refractivity (Wildman–Crippen MR) is 148 cm³/mol. The lowest BCUT2D eigenvalue weighted by Crippen LogP contribution is -2.13. The number of fused-ring (bicyclic) bond motifs is 1. The molecule has 0 bridgehead atoms. The maximum absolute atomic E-state index is 14.7. The fraction of sp³-hybridized carbons (Fsp3) is 0.471. The second-order valence-corrected chi connectivity index (χ2v) is 10.5. The quantitative estimate of drug-likeness (QED) is 0.216. The van der Waals surface area contributed by atoms with Crippen LogP contribution >= 0.6 is 0 Å². The first-order valence-electron chi connectivity index (χ1n) is 14.0. The van der Waals surface area contributed by atoms with Crippen LogP contribution in [0.4, 0.5) is 4.39 Å². The van der Waals surface area contributed by atoms with Gasteiger partial charge in [0.05, 0.1) is 0 Å². The van der Waals surface area contributed by atoms with Crippen LogP contribution < -0.4 is 0 Å². The molecule has 0 N–H and O–H groups in total. The summed E-state index contributed by atoms with van der Waals surface area (Å²) in [5.41, 5.74) is 4.24. The van der Waals surface area contributed by atoms with Crippen molar-refractivity contribution in [3.63, 3.8) is 0 Å². The summed E-state index contributed by atoms with van der Waals surface area (Å²) >= 11 is 0. The highest BCUT2D eigenvalue weighted by molar-refractivity contribution is 5.85. The molecule has 0 atom stereocenters. The Morgan fingerprint density at radius 3 is 2.20 bits per heavy atom. The Balaban J connectivity index is 1.32. The molecule has 0 heterocycles. The van der Waals surface area contributed by atoms with Gasteiger partial charge in [-0.2, -0.15) is 0 Å². The molecule has 35 heavy (non-hydrogen) atoms. The molecular formula is C34H41F. The number of hydrogen-bond donors (Lipinski definition) is 0. The molecule has 0 saturated heterocycles. The number of rotatable bonds is 9. The Kier molecular flexibility index (Phi) is 9.42. The van der Waals surface area contributed by atoms with Gasteiger partial charge < -0.3 is 0 Å². The first-order chi connectivity index (χ1) is 17.2. The Hall–Kier alpha value is -2.59. The number of aryl methyl sites for hydroxylation is 1. The fourth-order valence-corrected chi connectivity index (χ4v) is 5.68. The standard InChI is InChI=1S/C34H41F/c1-3-5-6-7-8-10-26-13-18-29(19-14-26)30-20-15-27(16-21-30)11-12-28-17-24-33-32(25-28)23-22-31(9-4-2)34(33)35/h15-17,20-26,29H,3-10,13-14,18-19H2,1-2H3. The van der Waals surface area contributed by atoms with Gasteiger partial charge in [0, 0.05) is 16.5 Å². The summed E-state index contributed by atoms with van der Waals surface area (Å²) in [5, 5.41) is 1.61. The van der Waals surface area contributed by atoms with E-state index in [1.165, 1.54) is 69.8 Å². The van der Waals surface area contributed by atoms with Crippen LogP contribution in [0.5, 0.6) is 0 Å². The van der Waals surface area contributed by atoms with E-state index in [4.69, 9.17) is 0 Å². The first kappa shape index (κ1) is 25.5. The summed E-state index contributed by atoms with van der Waals surface area (Å²) in [6, 6.07) is 18.6. The van der Waals surface area contributed by atoms with Crippen molar-refractivity contribution in [3.05, 3.63) is 82.7 Å². The van der Waals surface area contributed by atoms with Gasteiger partial charge in [0.25, 0.3) is 0 Å². The van der Waals surface area contributed by atoms with Gasteiger partial charge in [-0.05, 0) is 84.7 Å². The maximum atomic E-state index is 14.7. The second kappa shape index (κ2) is 12.9. The average molecular weight is 469 g/mol. The molecule has 3 aromatic rings. The topological polar surface area (TPSA) is 0 Å².